The number of benzene rings is 2. The number of hydrogen-bond acceptors (Lipinski definition) is 7. The number of carbonyl (C=O) groups is 2. The van der Waals surface area contributed by atoms with Gasteiger partial charge < -0.3 is 14.6 Å². The monoisotopic (exact) mass is 448 g/mol. The number of aromatic nitrogens is 4. The molecule has 9 nitrogen and oxygen atoms in total. The third-order valence-corrected chi connectivity index (χ3v) is 5.56. The van der Waals surface area contributed by atoms with Gasteiger partial charge in [-0.1, -0.05) is 42.1 Å². The van der Waals surface area contributed by atoms with Crippen LogP contribution in [0.5, 0.6) is 0 Å². The third kappa shape index (κ3) is 4.86. The van der Waals surface area contributed by atoms with Crippen LogP contribution in [-0.2, 0) is 11.3 Å². The van der Waals surface area contributed by atoms with Crippen LogP contribution in [0.4, 0.5) is 5.69 Å². The molecule has 0 atom stereocenters. The molecule has 1 N–H and O–H groups in total. The zero-order valence-electron chi connectivity index (χ0n) is 17.2. The topological polar surface area (TPSA) is 106 Å². The predicted molar refractivity (Wildman–Crippen MR) is 120 cm³/mol. The summed E-state index contributed by atoms with van der Waals surface area (Å²) in [6.45, 7) is 0.260. The van der Waals surface area contributed by atoms with Gasteiger partial charge in [0.1, 0.15) is 5.76 Å². The predicted octanol–water partition coefficient (Wildman–Crippen LogP) is 2.94. The Bertz CT molecular complexity index is 1190. The average molecular weight is 449 g/mol. The second kappa shape index (κ2) is 9.92. The number of thioether (sulfide) groups is 1. The fourth-order valence-corrected chi connectivity index (χ4v) is 3.80. The minimum Gasteiger partial charge on any atom is -0.467 e. The average Bonchev–Trinajstić information content (AvgIpc) is 3.53. The van der Waals surface area contributed by atoms with Gasteiger partial charge in [0.2, 0.25) is 11.1 Å². The van der Waals surface area contributed by atoms with Crippen molar-refractivity contribution < 1.29 is 14.0 Å². The summed E-state index contributed by atoms with van der Waals surface area (Å²) in [5.74, 6) is 0.264. The number of anilines is 1. The first-order valence-electron chi connectivity index (χ1n) is 9.76. The first-order valence-corrected chi connectivity index (χ1v) is 10.7. The molecule has 0 aliphatic heterocycles. The summed E-state index contributed by atoms with van der Waals surface area (Å²) >= 11 is 1.23. The lowest BCUT2D eigenvalue weighted by Gasteiger charge is -2.20. The van der Waals surface area contributed by atoms with Gasteiger partial charge in [-0.3, -0.25) is 9.59 Å². The Hall–Kier alpha value is -3.92. The summed E-state index contributed by atoms with van der Waals surface area (Å²) in [5, 5.41) is 15.0. The Morgan fingerprint density at radius 2 is 1.84 bits per heavy atom. The molecule has 0 saturated heterocycles. The van der Waals surface area contributed by atoms with Gasteiger partial charge in [0.15, 0.2) is 0 Å². The molecule has 0 unspecified atom stereocenters. The highest BCUT2D eigenvalue weighted by molar-refractivity contribution is 7.99. The van der Waals surface area contributed by atoms with Crippen molar-refractivity contribution in [2.24, 2.45) is 0 Å². The van der Waals surface area contributed by atoms with Crippen LogP contribution in [0, 0.1) is 0 Å². The van der Waals surface area contributed by atoms with Crippen molar-refractivity contribution in [3.63, 3.8) is 0 Å². The van der Waals surface area contributed by atoms with Gasteiger partial charge in [0.05, 0.1) is 35.5 Å². The van der Waals surface area contributed by atoms with Gasteiger partial charge in [-0.2, -0.15) is 4.68 Å². The molecule has 0 saturated carbocycles. The molecule has 0 aliphatic rings. The molecule has 2 aromatic heterocycles. The minimum atomic E-state index is -0.294. The lowest BCUT2D eigenvalue weighted by molar-refractivity contribution is -0.115. The number of nitrogens with zero attached hydrogens (tertiary/aromatic N) is 5. The number of carbonyl (C=O) groups excluding carboxylic acids is 2. The van der Waals surface area contributed by atoms with Crippen molar-refractivity contribution in [2.45, 2.75) is 11.7 Å². The van der Waals surface area contributed by atoms with Gasteiger partial charge in [-0.05, 0) is 46.8 Å². The summed E-state index contributed by atoms with van der Waals surface area (Å²) in [6, 6.07) is 19.9. The summed E-state index contributed by atoms with van der Waals surface area (Å²) in [5.41, 5.74) is 1.71. The molecule has 0 radical (unpaired) electrons. The van der Waals surface area contributed by atoms with E-state index in [-0.39, 0.29) is 24.1 Å². The van der Waals surface area contributed by atoms with Gasteiger partial charge in [0.25, 0.3) is 5.91 Å². The first kappa shape index (κ1) is 21.3. The Kier molecular flexibility index (Phi) is 6.61. The quantitative estimate of drug-likeness (QED) is 0.413. The maximum atomic E-state index is 12.9. The molecular formula is C22H20N6O3S. The largest absolute Gasteiger partial charge is 0.467 e. The van der Waals surface area contributed by atoms with Crippen LogP contribution >= 0.6 is 11.8 Å². The second-order valence-corrected chi connectivity index (χ2v) is 7.67. The van der Waals surface area contributed by atoms with Gasteiger partial charge in [-0.15, -0.1) is 5.10 Å². The van der Waals surface area contributed by atoms with E-state index in [0.717, 1.165) is 5.69 Å². The summed E-state index contributed by atoms with van der Waals surface area (Å²) in [6.07, 6.45) is 1.55. The van der Waals surface area contributed by atoms with E-state index in [1.165, 1.54) is 16.7 Å². The summed E-state index contributed by atoms with van der Waals surface area (Å²) in [7, 11) is 1.64. The van der Waals surface area contributed by atoms with Crippen LogP contribution < -0.4 is 10.2 Å². The van der Waals surface area contributed by atoms with E-state index in [1.54, 1.807) is 54.4 Å². The number of rotatable bonds is 8. The summed E-state index contributed by atoms with van der Waals surface area (Å²) < 4.78 is 6.82. The van der Waals surface area contributed by atoms with Crippen LogP contribution in [0.2, 0.25) is 0 Å². The van der Waals surface area contributed by atoms with Gasteiger partial charge in [0, 0.05) is 7.05 Å². The number of nitrogens with one attached hydrogen (secondary N) is 1. The number of para-hydroxylation sites is 2. The smallest absolute Gasteiger partial charge is 0.253 e. The van der Waals surface area contributed by atoms with Crippen molar-refractivity contribution >= 4 is 29.3 Å². The third-order valence-electron chi connectivity index (χ3n) is 4.65. The van der Waals surface area contributed by atoms with E-state index in [0.29, 0.717) is 22.2 Å². The first-order chi connectivity index (χ1) is 15.6. The maximum absolute atomic E-state index is 12.9. The molecule has 2 amide bonds. The molecule has 4 aromatic rings. The Morgan fingerprint density at radius 3 is 2.62 bits per heavy atom. The standard InChI is InChI=1S/C22H20N6O3S/c1-27(19-12-6-5-11-18(19)21(30)23-14-17-10-7-13-31-17)20(29)15-32-22-24-25-26-28(22)16-8-3-2-4-9-16/h2-13H,14-15H2,1H3,(H,23,30). The lowest BCUT2D eigenvalue weighted by Crippen LogP contribution is -2.31. The maximum Gasteiger partial charge on any atom is 0.253 e. The number of tetrazole rings is 1. The zero-order valence-corrected chi connectivity index (χ0v) is 18.0. The molecule has 0 aliphatic carbocycles. The Labute approximate surface area is 188 Å². The molecule has 162 valence electrons. The summed E-state index contributed by atoms with van der Waals surface area (Å²) in [4.78, 5) is 27.1. The number of amides is 2. The van der Waals surface area contributed by atoms with E-state index in [4.69, 9.17) is 4.42 Å². The second-order valence-electron chi connectivity index (χ2n) is 6.73. The Balaban J connectivity index is 1.43. The van der Waals surface area contributed by atoms with Crippen LogP contribution in [0.1, 0.15) is 16.1 Å². The van der Waals surface area contributed by atoms with E-state index in [1.807, 2.05) is 30.3 Å². The fourth-order valence-electron chi connectivity index (χ4n) is 2.99. The molecule has 10 heteroatoms. The van der Waals surface area contributed by atoms with Crippen molar-refractivity contribution in [3.05, 3.63) is 84.3 Å². The Morgan fingerprint density at radius 1 is 1.06 bits per heavy atom. The SMILES string of the molecule is CN(C(=O)CSc1nnnn1-c1ccccc1)c1ccccc1C(=O)NCc1ccco1. The molecule has 4 rings (SSSR count). The van der Waals surface area contributed by atoms with Crippen LogP contribution in [0.15, 0.2) is 82.6 Å². The fraction of sp³-hybridized carbons (Fsp3) is 0.136. The van der Waals surface area contributed by atoms with Crippen molar-refractivity contribution in [1.29, 1.82) is 0 Å². The van der Waals surface area contributed by atoms with Gasteiger partial charge in [-0.25, -0.2) is 0 Å². The molecule has 0 bridgehead atoms. The van der Waals surface area contributed by atoms with Gasteiger partial charge >= 0.3 is 0 Å². The molecule has 2 aromatic carbocycles. The lowest BCUT2D eigenvalue weighted by atomic mass is 10.1. The number of furan rings is 1. The minimum absolute atomic E-state index is 0.103. The molecule has 0 spiro atoms. The highest BCUT2D eigenvalue weighted by Gasteiger charge is 2.20. The van der Waals surface area contributed by atoms with E-state index < -0.39 is 0 Å². The van der Waals surface area contributed by atoms with E-state index in [2.05, 4.69) is 20.8 Å². The molecular weight excluding hydrogens is 428 g/mol. The van der Waals surface area contributed by atoms with Crippen LogP contribution in [0.3, 0.4) is 0 Å². The van der Waals surface area contributed by atoms with E-state index in [9.17, 15) is 9.59 Å². The van der Waals surface area contributed by atoms with Crippen LogP contribution in [-0.4, -0.2) is 44.8 Å². The normalized spacial score (nSPS) is 10.7. The van der Waals surface area contributed by atoms with E-state index >= 15 is 0 Å². The zero-order chi connectivity index (χ0) is 22.3. The van der Waals surface area contributed by atoms with Crippen LogP contribution in [0.25, 0.3) is 5.69 Å². The van der Waals surface area contributed by atoms with Crippen molar-refractivity contribution in [3.8, 4) is 5.69 Å². The molecule has 0 fully saturated rings. The van der Waals surface area contributed by atoms with Crippen molar-refractivity contribution in [1.82, 2.24) is 25.5 Å². The molecule has 32 heavy (non-hydrogen) atoms. The highest BCUT2D eigenvalue weighted by Crippen LogP contribution is 2.23. The van der Waals surface area contributed by atoms with Crippen molar-refractivity contribution in [2.75, 3.05) is 17.7 Å². The number of hydrogen-bond donors (Lipinski definition) is 1. The highest BCUT2D eigenvalue weighted by atomic mass is 32.2. The molecule has 2 heterocycles.